The summed E-state index contributed by atoms with van der Waals surface area (Å²) in [5.74, 6) is 0.352. The van der Waals surface area contributed by atoms with E-state index in [9.17, 15) is 4.39 Å². The van der Waals surface area contributed by atoms with Gasteiger partial charge in [-0.25, -0.2) is 9.38 Å². The van der Waals surface area contributed by atoms with Crippen molar-refractivity contribution < 1.29 is 4.39 Å². The molecule has 1 N–H and O–H groups in total. The Morgan fingerprint density at radius 1 is 1.20 bits per heavy atom. The summed E-state index contributed by atoms with van der Waals surface area (Å²) in [6.45, 7) is 12.5. The molecule has 138 valence electrons. The number of allylic oxidation sites excluding steroid dienone is 2. The highest BCUT2D eigenvalue weighted by molar-refractivity contribution is 5.80. The van der Waals surface area contributed by atoms with Crippen LogP contribution < -0.4 is 5.32 Å². The average molecular weight is 345 g/mol. The number of nitrogens with one attached hydrogen (secondary N) is 1. The SMILES string of the molecule is C=C(/N=C\C(CCCCC)=C(/C)CC)Nc1ccc(CCC)c(F)c1. The fourth-order valence-electron chi connectivity index (χ4n) is 2.63. The summed E-state index contributed by atoms with van der Waals surface area (Å²) in [7, 11) is 0. The van der Waals surface area contributed by atoms with Crippen LogP contribution in [0, 0.1) is 5.82 Å². The monoisotopic (exact) mass is 344 g/mol. The number of aliphatic imine (C=N–C) groups is 1. The van der Waals surface area contributed by atoms with E-state index in [1.807, 2.05) is 25.3 Å². The Morgan fingerprint density at radius 3 is 2.56 bits per heavy atom. The Balaban J connectivity index is 2.72. The minimum absolute atomic E-state index is 0.175. The molecule has 3 heteroatoms. The van der Waals surface area contributed by atoms with Gasteiger partial charge in [0.25, 0.3) is 0 Å². The van der Waals surface area contributed by atoms with E-state index in [4.69, 9.17) is 0 Å². The molecule has 1 rings (SSSR count). The van der Waals surface area contributed by atoms with Gasteiger partial charge in [0.15, 0.2) is 0 Å². The van der Waals surface area contributed by atoms with Gasteiger partial charge in [0.2, 0.25) is 0 Å². The van der Waals surface area contributed by atoms with E-state index in [-0.39, 0.29) is 5.82 Å². The lowest BCUT2D eigenvalue weighted by Crippen LogP contribution is -1.99. The molecule has 0 saturated carbocycles. The third kappa shape index (κ3) is 7.68. The molecule has 0 saturated heterocycles. The van der Waals surface area contributed by atoms with Gasteiger partial charge in [-0.3, -0.25) is 0 Å². The Labute approximate surface area is 153 Å². The van der Waals surface area contributed by atoms with Crippen molar-refractivity contribution in [2.75, 3.05) is 5.32 Å². The maximum Gasteiger partial charge on any atom is 0.128 e. The van der Waals surface area contributed by atoms with Crippen LogP contribution in [0.15, 0.2) is 46.7 Å². The lowest BCUT2D eigenvalue weighted by molar-refractivity contribution is 0.608. The van der Waals surface area contributed by atoms with E-state index < -0.39 is 0 Å². The van der Waals surface area contributed by atoms with E-state index in [1.165, 1.54) is 36.5 Å². The van der Waals surface area contributed by atoms with E-state index >= 15 is 0 Å². The van der Waals surface area contributed by atoms with Crippen molar-refractivity contribution in [2.24, 2.45) is 4.99 Å². The van der Waals surface area contributed by atoms with Gasteiger partial charge in [0.05, 0.1) is 0 Å². The third-order valence-electron chi connectivity index (χ3n) is 4.37. The van der Waals surface area contributed by atoms with E-state index in [1.54, 1.807) is 0 Å². The van der Waals surface area contributed by atoms with E-state index in [2.05, 4.69) is 37.7 Å². The van der Waals surface area contributed by atoms with Crippen LogP contribution in [0.1, 0.15) is 71.8 Å². The lowest BCUT2D eigenvalue weighted by Gasteiger charge is -2.09. The molecule has 0 atom stereocenters. The van der Waals surface area contributed by atoms with Crippen LogP contribution in [0.5, 0.6) is 0 Å². The first-order valence-electron chi connectivity index (χ1n) is 9.48. The van der Waals surface area contributed by atoms with Gasteiger partial charge < -0.3 is 5.32 Å². The molecule has 0 aliphatic rings. The van der Waals surface area contributed by atoms with Crippen LogP contribution in [-0.4, -0.2) is 6.21 Å². The van der Waals surface area contributed by atoms with Crippen molar-refractivity contribution in [3.63, 3.8) is 0 Å². The highest BCUT2D eigenvalue weighted by Gasteiger charge is 2.04. The smallest absolute Gasteiger partial charge is 0.128 e. The average Bonchev–Trinajstić information content (AvgIpc) is 2.59. The quantitative estimate of drug-likeness (QED) is 0.338. The van der Waals surface area contributed by atoms with Crippen molar-refractivity contribution in [1.29, 1.82) is 0 Å². The van der Waals surface area contributed by atoms with Crippen LogP contribution in [-0.2, 0) is 6.42 Å². The van der Waals surface area contributed by atoms with Gasteiger partial charge in [-0.05, 0) is 55.9 Å². The molecule has 25 heavy (non-hydrogen) atoms. The summed E-state index contributed by atoms with van der Waals surface area (Å²) in [6.07, 6.45) is 9.30. The second-order valence-electron chi connectivity index (χ2n) is 6.50. The second-order valence-corrected chi connectivity index (χ2v) is 6.50. The first-order chi connectivity index (χ1) is 12.0. The number of halogens is 1. The number of hydrogen-bond donors (Lipinski definition) is 1. The van der Waals surface area contributed by atoms with Gasteiger partial charge in [-0.15, -0.1) is 0 Å². The summed E-state index contributed by atoms with van der Waals surface area (Å²) in [5.41, 5.74) is 4.08. The lowest BCUT2D eigenvalue weighted by atomic mass is 10.0. The van der Waals surface area contributed by atoms with Crippen molar-refractivity contribution in [3.8, 4) is 0 Å². The van der Waals surface area contributed by atoms with Crippen molar-refractivity contribution in [3.05, 3.63) is 53.1 Å². The number of rotatable bonds is 11. The fraction of sp³-hybridized carbons (Fsp3) is 0.500. The van der Waals surface area contributed by atoms with Crippen LogP contribution >= 0.6 is 0 Å². The second kappa shape index (κ2) is 11.6. The Morgan fingerprint density at radius 2 is 1.96 bits per heavy atom. The Bertz CT molecular complexity index is 614. The maximum absolute atomic E-state index is 14.0. The zero-order valence-electron chi connectivity index (χ0n) is 16.3. The normalized spacial score (nSPS) is 12.4. The summed E-state index contributed by atoms with van der Waals surface area (Å²) < 4.78 is 14.0. The number of unbranched alkanes of at least 4 members (excludes halogenated alkanes) is 2. The molecule has 2 nitrogen and oxygen atoms in total. The molecule has 0 bridgehead atoms. The number of nitrogens with zero attached hydrogens (tertiary/aromatic N) is 1. The summed E-state index contributed by atoms with van der Waals surface area (Å²) in [4.78, 5) is 4.45. The molecule has 0 aromatic heterocycles. The van der Waals surface area contributed by atoms with Crippen LogP contribution in [0.4, 0.5) is 10.1 Å². The molecule has 1 aromatic carbocycles. The van der Waals surface area contributed by atoms with Gasteiger partial charge in [-0.1, -0.05) is 58.3 Å². The molecular weight excluding hydrogens is 311 g/mol. The predicted octanol–water partition coefficient (Wildman–Crippen LogP) is 7.04. The van der Waals surface area contributed by atoms with Crippen LogP contribution in [0.2, 0.25) is 0 Å². The van der Waals surface area contributed by atoms with Gasteiger partial charge in [-0.2, -0.15) is 0 Å². The number of hydrogen-bond acceptors (Lipinski definition) is 2. The Hall–Kier alpha value is -1.90. The first-order valence-corrected chi connectivity index (χ1v) is 9.48. The number of benzene rings is 1. The summed E-state index contributed by atoms with van der Waals surface area (Å²) in [6, 6.07) is 5.22. The zero-order valence-corrected chi connectivity index (χ0v) is 16.3. The van der Waals surface area contributed by atoms with Crippen LogP contribution in [0.25, 0.3) is 0 Å². The zero-order chi connectivity index (χ0) is 18.7. The van der Waals surface area contributed by atoms with Crippen molar-refractivity contribution in [1.82, 2.24) is 0 Å². The Kier molecular flexibility index (Phi) is 9.83. The highest BCUT2D eigenvalue weighted by Crippen LogP contribution is 2.18. The van der Waals surface area contributed by atoms with Crippen molar-refractivity contribution >= 4 is 11.9 Å². The van der Waals surface area contributed by atoms with E-state index in [0.717, 1.165) is 31.2 Å². The van der Waals surface area contributed by atoms with Gasteiger partial charge in [0, 0.05) is 11.9 Å². The van der Waals surface area contributed by atoms with Crippen LogP contribution in [0.3, 0.4) is 0 Å². The maximum atomic E-state index is 14.0. The fourth-order valence-corrected chi connectivity index (χ4v) is 2.63. The summed E-state index contributed by atoms with van der Waals surface area (Å²) >= 11 is 0. The minimum Gasteiger partial charge on any atom is -0.341 e. The molecule has 0 radical (unpaired) electrons. The van der Waals surface area contributed by atoms with Crippen molar-refractivity contribution in [2.45, 2.75) is 72.6 Å². The molecule has 0 fully saturated rings. The van der Waals surface area contributed by atoms with E-state index in [0.29, 0.717) is 11.5 Å². The summed E-state index contributed by atoms with van der Waals surface area (Å²) in [5, 5.41) is 3.08. The number of aryl methyl sites for hydroxylation is 1. The third-order valence-corrected chi connectivity index (χ3v) is 4.37. The van der Waals surface area contributed by atoms with Gasteiger partial charge >= 0.3 is 0 Å². The topological polar surface area (TPSA) is 24.4 Å². The molecule has 0 amide bonds. The minimum atomic E-state index is -0.175. The highest BCUT2D eigenvalue weighted by atomic mass is 19.1. The molecule has 0 aliphatic carbocycles. The largest absolute Gasteiger partial charge is 0.341 e. The molecule has 0 unspecified atom stereocenters. The molecular formula is C22H33FN2. The molecule has 0 heterocycles. The first kappa shape index (κ1) is 21.1. The number of anilines is 1. The van der Waals surface area contributed by atoms with Gasteiger partial charge in [0.1, 0.15) is 11.6 Å². The molecule has 0 aliphatic heterocycles. The predicted molar refractivity (Wildman–Crippen MR) is 109 cm³/mol. The standard InChI is InChI=1S/C22H33FN2/c1-6-9-10-12-20(17(4)8-3)16-24-18(5)25-21-14-13-19(11-7-2)22(23)15-21/h13-16,25H,5-12H2,1-4H3/b20-17+,24-16-. The molecule has 1 aromatic rings. The molecule has 0 spiro atoms.